The SMILES string of the molecule is Cc1cccnc1CNc1nccn2nccc12. The van der Waals surface area contributed by atoms with Crippen molar-refractivity contribution in [2.75, 3.05) is 5.32 Å². The largest absolute Gasteiger partial charge is 0.363 e. The molecule has 3 aromatic rings. The van der Waals surface area contributed by atoms with E-state index in [9.17, 15) is 0 Å². The molecule has 0 amide bonds. The van der Waals surface area contributed by atoms with Crippen LogP contribution in [0.4, 0.5) is 5.82 Å². The summed E-state index contributed by atoms with van der Waals surface area (Å²) in [6, 6.07) is 5.92. The van der Waals surface area contributed by atoms with Gasteiger partial charge in [-0.25, -0.2) is 9.50 Å². The van der Waals surface area contributed by atoms with E-state index in [2.05, 4.69) is 33.4 Å². The molecule has 18 heavy (non-hydrogen) atoms. The third-order valence-electron chi connectivity index (χ3n) is 2.87. The predicted molar refractivity (Wildman–Crippen MR) is 69.3 cm³/mol. The molecule has 0 aliphatic rings. The minimum absolute atomic E-state index is 0.657. The molecule has 0 fully saturated rings. The number of aromatic nitrogens is 4. The van der Waals surface area contributed by atoms with Gasteiger partial charge in [-0.2, -0.15) is 5.10 Å². The van der Waals surface area contributed by atoms with Gasteiger partial charge in [0.15, 0.2) is 5.82 Å². The Bertz CT molecular complexity index is 674. The maximum atomic E-state index is 4.35. The van der Waals surface area contributed by atoms with Crippen molar-refractivity contribution in [1.29, 1.82) is 0 Å². The second kappa shape index (κ2) is 4.44. The highest BCUT2D eigenvalue weighted by atomic mass is 15.2. The van der Waals surface area contributed by atoms with Gasteiger partial charge in [0.25, 0.3) is 0 Å². The fraction of sp³-hybridized carbons (Fsp3) is 0.154. The minimum Gasteiger partial charge on any atom is -0.363 e. The molecule has 0 aliphatic carbocycles. The second-order valence-electron chi connectivity index (χ2n) is 4.06. The summed E-state index contributed by atoms with van der Waals surface area (Å²) in [6.07, 6.45) is 7.12. The van der Waals surface area contributed by atoms with E-state index >= 15 is 0 Å². The zero-order chi connectivity index (χ0) is 12.4. The van der Waals surface area contributed by atoms with E-state index in [-0.39, 0.29) is 0 Å². The number of nitrogens with one attached hydrogen (secondary N) is 1. The average Bonchev–Trinajstić information content (AvgIpc) is 2.86. The fourth-order valence-electron chi connectivity index (χ4n) is 1.86. The molecular formula is C13H13N5. The normalized spacial score (nSPS) is 10.7. The van der Waals surface area contributed by atoms with E-state index in [1.165, 1.54) is 5.56 Å². The third kappa shape index (κ3) is 1.90. The van der Waals surface area contributed by atoms with Crippen LogP contribution in [0.2, 0.25) is 0 Å². The number of rotatable bonds is 3. The van der Waals surface area contributed by atoms with Crippen LogP contribution >= 0.6 is 0 Å². The van der Waals surface area contributed by atoms with Crippen molar-refractivity contribution in [3.8, 4) is 0 Å². The first-order chi connectivity index (χ1) is 8.84. The second-order valence-corrected chi connectivity index (χ2v) is 4.06. The lowest BCUT2D eigenvalue weighted by atomic mass is 10.2. The lowest BCUT2D eigenvalue weighted by Crippen LogP contribution is -2.06. The van der Waals surface area contributed by atoms with Gasteiger partial charge in [-0.15, -0.1) is 0 Å². The zero-order valence-electron chi connectivity index (χ0n) is 10.0. The van der Waals surface area contributed by atoms with Crippen molar-refractivity contribution in [1.82, 2.24) is 19.6 Å². The maximum absolute atomic E-state index is 4.35. The number of anilines is 1. The summed E-state index contributed by atoms with van der Waals surface area (Å²) in [5.74, 6) is 0.819. The summed E-state index contributed by atoms with van der Waals surface area (Å²) in [7, 11) is 0. The Morgan fingerprint density at radius 1 is 1.17 bits per heavy atom. The van der Waals surface area contributed by atoms with Gasteiger partial charge in [-0.3, -0.25) is 4.98 Å². The van der Waals surface area contributed by atoms with Crippen LogP contribution in [0, 0.1) is 6.92 Å². The van der Waals surface area contributed by atoms with Crippen LogP contribution in [0.15, 0.2) is 43.0 Å². The molecule has 0 radical (unpaired) electrons. The van der Waals surface area contributed by atoms with Gasteiger partial charge in [0, 0.05) is 18.6 Å². The van der Waals surface area contributed by atoms with Gasteiger partial charge >= 0.3 is 0 Å². The van der Waals surface area contributed by atoms with Gasteiger partial charge < -0.3 is 5.32 Å². The van der Waals surface area contributed by atoms with Gasteiger partial charge in [-0.05, 0) is 24.6 Å². The highest BCUT2D eigenvalue weighted by Gasteiger charge is 2.04. The van der Waals surface area contributed by atoms with Gasteiger partial charge in [0.1, 0.15) is 5.52 Å². The smallest absolute Gasteiger partial charge is 0.152 e. The molecule has 90 valence electrons. The summed E-state index contributed by atoms with van der Waals surface area (Å²) in [5, 5.41) is 7.47. The topological polar surface area (TPSA) is 55.1 Å². The molecule has 3 aromatic heterocycles. The highest BCUT2D eigenvalue weighted by molar-refractivity contribution is 5.66. The van der Waals surface area contributed by atoms with Crippen LogP contribution in [0.1, 0.15) is 11.3 Å². The Morgan fingerprint density at radius 2 is 2.11 bits per heavy atom. The molecule has 0 spiro atoms. The Labute approximate surface area is 105 Å². The first-order valence-corrected chi connectivity index (χ1v) is 5.77. The Kier molecular flexibility index (Phi) is 2.64. The molecule has 0 aliphatic heterocycles. The van der Waals surface area contributed by atoms with Crippen molar-refractivity contribution >= 4 is 11.3 Å². The van der Waals surface area contributed by atoms with Crippen LogP contribution in [0.5, 0.6) is 0 Å². The standard InChI is InChI=1S/C13H13N5/c1-10-3-2-5-14-11(10)9-16-13-12-4-6-17-18(12)8-7-15-13/h2-8H,9H2,1H3,(H,15,16). The Hall–Kier alpha value is -2.43. The fourth-order valence-corrected chi connectivity index (χ4v) is 1.86. The van der Waals surface area contributed by atoms with Crippen molar-refractivity contribution in [2.24, 2.45) is 0 Å². The van der Waals surface area contributed by atoms with Crippen molar-refractivity contribution in [2.45, 2.75) is 13.5 Å². The lowest BCUT2D eigenvalue weighted by molar-refractivity contribution is 0.937. The quantitative estimate of drug-likeness (QED) is 0.760. The molecule has 3 rings (SSSR count). The predicted octanol–water partition coefficient (Wildman–Crippen LogP) is 2.04. The summed E-state index contributed by atoms with van der Waals surface area (Å²) in [5.41, 5.74) is 3.16. The van der Waals surface area contributed by atoms with Gasteiger partial charge in [0.05, 0.1) is 18.4 Å². The molecule has 0 atom stereocenters. The Balaban J connectivity index is 1.85. The molecular weight excluding hydrogens is 226 g/mol. The number of aryl methyl sites for hydroxylation is 1. The molecule has 0 unspecified atom stereocenters. The summed E-state index contributed by atoms with van der Waals surface area (Å²) in [4.78, 5) is 8.67. The van der Waals surface area contributed by atoms with E-state index in [0.717, 1.165) is 17.0 Å². The molecule has 1 N–H and O–H groups in total. The lowest BCUT2D eigenvalue weighted by Gasteiger charge is -2.08. The number of hydrogen-bond donors (Lipinski definition) is 1. The molecule has 3 heterocycles. The molecule has 0 aromatic carbocycles. The maximum Gasteiger partial charge on any atom is 0.152 e. The highest BCUT2D eigenvalue weighted by Crippen LogP contribution is 2.14. The van der Waals surface area contributed by atoms with Gasteiger partial charge in [0.2, 0.25) is 0 Å². The summed E-state index contributed by atoms with van der Waals surface area (Å²) >= 11 is 0. The van der Waals surface area contributed by atoms with E-state index in [1.807, 2.05) is 18.3 Å². The number of fused-ring (bicyclic) bond motifs is 1. The van der Waals surface area contributed by atoms with Crippen LogP contribution in [0.3, 0.4) is 0 Å². The zero-order valence-corrected chi connectivity index (χ0v) is 10.0. The van der Waals surface area contributed by atoms with Crippen molar-refractivity contribution in [3.63, 3.8) is 0 Å². The molecule has 5 heteroatoms. The van der Waals surface area contributed by atoms with Crippen molar-refractivity contribution in [3.05, 3.63) is 54.2 Å². The third-order valence-corrected chi connectivity index (χ3v) is 2.87. The van der Waals surface area contributed by atoms with Crippen molar-refractivity contribution < 1.29 is 0 Å². The Morgan fingerprint density at radius 3 is 3.00 bits per heavy atom. The van der Waals surface area contributed by atoms with E-state index < -0.39 is 0 Å². The van der Waals surface area contributed by atoms with Gasteiger partial charge in [-0.1, -0.05) is 6.07 Å². The first kappa shape index (κ1) is 10.7. The average molecular weight is 239 g/mol. The molecule has 0 bridgehead atoms. The summed E-state index contributed by atoms with van der Waals surface area (Å²) in [6.45, 7) is 2.71. The molecule has 0 saturated heterocycles. The number of hydrogen-bond acceptors (Lipinski definition) is 4. The summed E-state index contributed by atoms with van der Waals surface area (Å²) < 4.78 is 1.79. The van der Waals surface area contributed by atoms with E-state index in [0.29, 0.717) is 6.54 Å². The number of pyridine rings is 1. The molecule has 5 nitrogen and oxygen atoms in total. The van der Waals surface area contributed by atoms with Crippen LogP contribution in [-0.4, -0.2) is 19.6 Å². The minimum atomic E-state index is 0.657. The monoisotopic (exact) mass is 239 g/mol. The van der Waals surface area contributed by atoms with E-state index in [4.69, 9.17) is 0 Å². The molecule has 0 saturated carbocycles. The first-order valence-electron chi connectivity index (χ1n) is 5.77. The number of nitrogens with zero attached hydrogens (tertiary/aromatic N) is 4. The van der Waals surface area contributed by atoms with Crippen LogP contribution in [0.25, 0.3) is 5.52 Å². The van der Waals surface area contributed by atoms with Crippen LogP contribution < -0.4 is 5.32 Å². The van der Waals surface area contributed by atoms with E-state index in [1.54, 1.807) is 23.1 Å². The van der Waals surface area contributed by atoms with Crippen LogP contribution in [-0.2, 0) is 6.54 Å².